The van der Waals surface area contributed by atoms with Crippen molar-refractivity contribution >= 4 is 59.2 Å². The van der Waals surface area contributed by atoms with Crippen LogP contribution in [0.4, 0.5) is 11.4 Å². The summed E-state index contributed by atoms with van der Waals surface area (Å²) in [7, 11) is -3.82. The van der Waals surface area contributed by atoms with Gasteiger partial charge in [0.15, 0.2) is 0 Å². The van der Waals surface area contributed by atoms with E-state index in [2.05, 4.69) is 41.9 Å². The Morgan fingerprint density at radius 2 is 1.33 bits per heavy atom. The van der Waals surface area contributed by atoms with Crippen LogP contribution < -0.4 is 10.0 Å². The molecule has 0 aliphatic heterocycles. The number of carbonyl (C=O) groups excluding carboxylic acids is 1. The predicted octanol–water partition coefficient (Wildman–Crippen LogP) is 5.26. The summed E-state index contributed by atoms with van der Waals surface area (Å²) in [5.41, 5.74) is 1.03. The Morgan fingerprint density at radius 1 is 0.778 bits per heavy atom. The van der Waals surface area contributed by atoms with Gasteiger partial charge in [0.05, 0.1) is 16.1 Å². The lowest BCUT2D eigenvalue weighted by Crippen LogP contribution is -2.18. The molecule has 0 saturated carbocycles. The van der Waals surface area contributed by atoms with Gasteiger partial charge < -0.3 is 5.32 Å². The molecule has 8 heteroatoms. The van der Waals surface area contributed by atoms with Crippen LogP contribution in [0.15, 0.2) is 86.6 Å². The van der Waals surface area contributed by atoms with Crippen LogP contribution in [0.25, 0.3) is 0 Å². The molecule has 0 heterocycles. The molecule has 0 bridgehead atoms. The summed E-state index contributed by atoms with van der Waals surface area (Å²) in [5, 5.41) is 2.76. The molecule has 5 nitrogen and oxygen atoms in total. The fourth-order valence-electron chi connectivity index (χ4n) is 2.32. The molecule has 2 N–H and O–H groups in total. The Labute approximate surface area is 174 Å². The third-order valence-corrected chi connectivity index (χ3v) is 6.08. The first-order valence-electron chi connectivity index (χ1n) is 7.79. The van der Waals surface area contributed by atoms with Crippen LogP contribution in [0.2, 0.25) is 0 Å². The Bertz CT molecular complexity index is 1070. The summed E-state index contributed by atoms with van der Waals surface area (Å²) in [6, 6.07) is 19.8. The maximum Gasteiger partial charge on any atom is 0.261 e. The third kappa shape index (κ3) is 4.97. The summed E-state index contributed by atoms with van der Waals surface area (Å²) in [6.45, 7) is 0. The Kier molecular flexibility index (Phi) is 5.98. The van der Waals surface area contributed by atoms with Crippen LogP contribution in [-0.2, 0) is 10.0 Å². The highest BCUT2D eigenvalue weighted by atomic mass is 79.9. The van der Waals surface area contributed by atoms with E-state index >= 15 is 0 Å². The Hall–Kier alpha value is -2.16. The van der Waals surface area contributed by atoms with Crippen molar-refractivity contribution in [1.29, 1.82) is 0 Å². The maximum atomic E-state index is 12.6. The smallest absolute Gasteiger partial charge is 0.261 e. The molecule has 0 saturated heterocycles. The van der Waals surface area contributed by atoms with Gasteiger partial charge in [0.25, 0.3) is 15.9 Å². The van der Waals surface area contributed by atoms with Crippen molar-refractivity contribution in [3.8, 4) is 0 Å². The van der Waals surface area contributed by atoms with Gasteiger partial charge >= 0.3 is 0 Å². The van der Waals surface area contributed by atoms with E-state index in [1.54, 1.807) is 60.7 Å². The Morgan fingerprint density at radius 3 is 1.96 bits per heavy atom. The highest BCUT2D eigenvalue weighted by Gasteiger charge is 2.18. The second-order valence-corrected chi connectivity index (χ2v) is 9.08. The van der Waals surface area contributed by atoms with E-state index in [-0.39, 0.29) is 16.1 Å². The van der Waals surface area contributed by atoms with Crippen molar-refractivity contribution < 1.29 is 13.2 Å². The SMILES string of the molecule is O=C(Nc1ccc(Br)cc1)c1ccccc1NS(=O)(=O)c1ccc(Br)cc1. The number of halogens is 2. The van der Waals surface area contributed by atoms with Crippen molar-refractivity contribution in [3.63, 3.8) is 0 Å². The van der Waals surface area contributed by atoms with Gasteiger partial charge in [-0.25, -0.2) is 8.42 Å². The van der Waals surface area contributed by atoms with Crippen molar-refractivity contribution in [1.82, 2.24) is 0 Å². The summed E-state index contributed by atoms with van der Waals surface area (Å²) in [6.07, 6.45) is 0. The van der Waals surface area contributed by atoms with Crippen LogP contribution in [0.3, 0.4) is 0 Å². The van der Waals surface area contributed by atoms with Crippen molar-refractivity contribution in [2.24, 2.45) is 0 Å². The minimum absolute atomic E-state index is 0.105. The molecule has 0 fully saturated rings. The van der Waals surface area contributed by atoms with E-state index in [4.69, 9.17) is 0 Å². The minimum Gasteiger partial charge on any atom is -0.322 e. The second kappa shape index (κ2) is 8.24. The molecule has 1 amide bonds. The van der Waals surface area contributed by atoms with E-state index in [0.29, 0.717) is 5.69 Å². The molecule has 0 aliphatic carbocycles. The summed E-state index contributed by atoms with van der Waals surface area (Å²) in [5.74, 6) is -0.411. The normalized spacial score (nSPS) is 11.0. The first-order valence-corrected chi connectivity index (χ1v) is 10.9. The number of nitrogens with one attached hydrogen (secondary N) is 2. The summed E-state index contributed by atoms with van der Waals surface area (Å²) < 4.78 is 29.4. The summed E-state index contributed by atoms with van der Waals surface area (Å²) >= 11 is 6.61. The molecule has 3 aromatic carbocycles. The zero-order valence-corrected chi connectivity index (χ0v) is 17.8. The minimum atomic E-state index is -3.82. The molecule has 27 heavy (non-hydrogen) atoms. The zero-order valence-electron chi connectivity index (χ0n) is 13.8. The largest absolute Gasteiger partial charge is 0.322 e. The fourth-order valence-corrected chi connectivity index (χ4v) is 3.93. The van der Waals surface area contributed by atoms with Gasteiger partial charge in [-0.1, -0.05) is 44.0 Å². The highest BCUT2D eigenvalue weighted by Crippen LogP contribution is 2.23. The number of hydrogen-bond donors (Lipinski definition) is 2. The molecular weight excluding hydrogens is 496 g/mol. The van der Waals surface area contributed by atoms with Gasteiger partial charge in [-0.15, -0.1) is 0 Å². The molecule has 0 spiro atoms. The van der Waals surface area contributed by atoms with Gasteiger partial charge in [0.2, 0.25) is 0 Å². The van der Waals surface area contributed by atoms with Crippen LogP contribution in [0.5, 0.6) is 0 Å². The summed E-state index contributed by atoms with van der Waals surface area (Å²) in [4.78, 5) is 12.7. The van der Waals surface area contributed by atoms with Crippen molar-refractivity contribution in [2.75, 3.05) is 10.0 Å². The molecule has 3 rings (SSSR count). The number of carbonyl (C=O) groups is 1. The van der Waals surface area contributed by atoms with E-state index in [1.165, 1.54) is 12.1 Å². The quantitative estimate of drug-likeness (QED) is 0.492. The van der Waals surface area contributed by atoms with Crippen LogP contribution in [0, 0.1) is 0 Å². The number of hydrogen-bond acceptors (Lipinski definition) is 3. The molecule has 0 aliphatic rings. The van der Waals surface area contributed by atoms with Gasteiger partial charge in [-0.3, -0.25) is 9.52 Å². The number of benzene rings is 3. The Balaban J connectivity index is 1.86. The number of sulfonamides is 1. The number of para-hydroxylation sites is 1. The monoisotopic (exact) mass is 508 g/mol. The number of amides is 1. The average molecular weight is 510 g/mol. The molecule has 138 valence electrons. The topological polar surface area (TPSA) is 75.3 Å². The van der Waals surface area contributed by atoms with E-state index in [0.717, 1.165) is 8.95 Å². The van der Waals surface area contributed by atoms with Crippen LogP contribution in [-0.4, -0.2) is 14.3 Å². The molecule has 0 aromatic heterocycles. The predicted molar refractivity (Wildman–Crippen MR) is 113 cm³/mol. The standard InChI is InChI=1S/C19H14Br2N2O3S/c20-13-5-9-15(10-6-13)22-19(24)17-3-1-2-4-18(17)23-27(25,26)16-11-7-14(21)8-12-16/h1-12,23H,(H,22,24). The van der Waals surface area contributed by atoms with E-state index < -0.39 is 15.9 Å². The molecule has 0 atom stereocenters. The van der Waals surface area contributed by atoms with Crippen LogP contribution in [0.1, 0.15) is 10.4 Å². The lowest BCUT2D eigenvalue weighted by Gasteiger charge is -2.13. The number of rotatable bonds is 5. The highest BCUT2D eigenvalue weighted by molar-refractivity contribution is 9.10. The van der Waals surface area contributed by atoms with Crippen molar-refractivity contribution in [2.45, 2.75) is 4.90 Å². The van der Waals surface area contributed by atoms with Gasteiger partial charge in [-0.2, -0.15) is 0 Å². The second-order valence-electron chi connectivity index (χ2n) is 5.57. The molecule has 0 radical (unpaired) electrons. The first kappa shape index (κ1) is 19.6. The lowest BCUT2D eigenvalue weighted by molar-refractivity contribution is 0.102. The van der Waals surface area contributed by atoms with Gasteiger partial charge in [0, 0.05) is 14.6 Å². The van der Waals surface area contributed by atoms with Gasteiger partial charge in [-0.05, 0) is 60.7 Å². The average Bonchev–Trinajstić information content (AvgIpc) is 2.64. The van der Waals surface area contributed by atoms with E-state index in [9.17, 15) is 13.2 Å². The molecule has 3 aromatic rings. The molecular formula is C19H14Br2N2O3S. The fraction of sp³-hybridized carbons (Fsp3) is 0. The number of anilines is 2. The van der Waals surface area contributed by atoms with Gasteiger partial charge in [0.1, 0.15) is 0 Å². The lowest BCUT2D eigenvalue weighted by atomic mass is 10.1. The van der Waals surface area contributed by atoms with Crippen molar-refractivity contribution in [3.05, 3.63) is 87.3 Å². The first-order chi connectivity index (χ1) is 12.8. The zero-order chi connectivity index (χ0) is 19.4. The maximum absolute atomic E-state index is 12.6. The third-order valence-electron chi connectivity index (χ3n) is 3.64. The van der Waals surface area contributed by atoms with E-state index in [1.807, 2.05) is 0 Å². The van der Waals surface area contributed by atoms with Crippen LogP contribution >= 0.6 is 31.9 Å². The molecule has 0 unspecified atom stereocenters.